The maximum absolute atomic E-state index is 12.6. The first-order chi connectivity index (χ1) is 13.7. The quantitative estimate of drug-likeness (QED) is 0.652. The van der Waals surface area contributed by atoms with Crippen LogP contribution in [0.3, 0.4) is 0 Å². The van der Waals surface area contributed by atoms with Crippen LogP contribution in [0.4, 0.5) is 0 Å². The molecule has 0 radical (unpaired) electrons. The van der Waals surface area contributed by atoms with Gasteiger partial charge in [0.1, 0.15) is 11.6 Å². The molecule has 1 aliphatic rings. The molecule has 148 valence electrons. The van der Waals surface area contributed by atoms with Crippen molar-refractivity contribution in [2.75, 3.05) is 6.61 Å². The lowest BCUT2D eigenvalue weighted by Gasteiger charge is -2.13. The van der Waals surface area contributed by atoms with Gasteiger partial charge in [-0.25, -0.2) is 4.98 Å². The molecule has 0 bridgehead atoms. The monoisotopic (exact) mass is 382 g/mol. The summed E-state index contributed by atoms with van der Waals surface area (Å²) >= 11 is 0. The van der Waals surface area contributed by atoms with Crippen molar-refractivity contribution in [3.63, 3.8) is 0 Å². The first-order valence-corrected chi connectivity index (χ1v) is 10.1. The summed E-state index contributed by atoms with van der Waals surface area (Å²) in [5, 5.41) is 9.15. The van der Waals surface area contributed by atoms with Crippen molar-refractivity contribution in [2.24, 2.45) is 0 Å². The number of aliphatic hydroxyl groups is 1. The summed E-state index contributed by atoms with van der Waals surface area (Å²) in [5.41, 5.74) is 1.69. The third-order valence-corrected chi connectivity index (χ3v) is 5.30. The van der Waals surface area contributed by atoms with Gasteiger partial charge in [-0.3, -0.25) is 9.36 Å². The predicted octanol–water partition coefficient (Wildman–Crippen LogP) is 3.51. The highest BCUT2D eigenvalue weighted by molar-refractivity contribution is 5.70. The normalized spacial score (nSPS) is 14.8. The maximum Gasteiger partial charge on any atom is 0.307 e. The number of nitrogens with zero attached hydrogens (tertiary/aromatic N) is 3. The zero-order valence-corrected chi connectivity index (χ0v) is 16.1. The van der Waals surface area contributed by atoms with Crippen molar-refractivity contribution in [3.05, 3.63) is 46.0 Å². The van der Waals surface area contributed by atoms with Gasteiger partial charge in [0.15, 0.2) is 11.2 Å². The molecule has 0 aliphatic heterocycles. The van der Waals surface area contributed by atoms with Crippen molar-refractivity contribution in [2.45, 2.75) is 57.9 Å². The average molecular weight is 382 g/mol. The Kier molecular flexibility index (Phi) is 5.43. The van der Waals surface area contributed by atoms with E-state index in [4.69, 9.17) is 14.8 Å². The summed E-state index contributed by atoms with van der Waals surface area (Å²) in [6, 6.07) is 7.73. The molecule has 0 atom stereocenters. The van der Waals surface area contributed by atoms with Crippen LogP contribution in [0, 0.1) is 0 Å². The largest absolute Gasteiger partial charge is 0.425 e. The third kappa shape index (κ3) is 3.67. The predicted molar refractivity (Wildman–Crippen MR) is 107 cm³/mol. The number of H-pyrrole nitrogens is 1. The molecule has 1 saturated carbocycles. The standard InChI is InChI=1S/C21H26N4O3/c1-2-11-25-19-17(22-18(23-19)15-7-3-4-8-15)20(27)24-21(25)28-16-9-5-6-14(13-16)10-12-26/h5-6,9,13,15,26H,2-4,7-8,10-12H2,1H3,(H,22,23). The number of fused-ring (bicyclic) bond motifs is 1. The van der Waals surface area contributed by atoms with Crippen molar-refractivity contribution in [3.8, 4) is 11.8 Å². The fraction of sp³-hybridized carbons (Fsp3) is 0.476. The lowest BCUT2D eigenvalue weighted by Crippen LogP contribution is -2.16. The number of imidazole rings is 1. The van der Waals surface area contributed by atoms with Crippen molar-refractivity contribution < 1.29 is 9.84 Å². The van der Waals surface area contributed by atoms with Gasteiger partial charge in [-0.05, 0) is 43.4 Å². The number of aromatic nitrogens is 4. The van der Waals surface area contributed by atoms with E-state index < -0.39 is 0 Å². The number of aryl methyl sites for hydroxylation is 1. The van der Waals surface area contributed by atoms with Gasteiger partial charge in [-0.1, -0.05) is 31.9 Å². The molecule has 7 heteroatoms. The summed E-state index contributed by atoms with van der Waals surface area (Å²) in [6.07, 6.45) is 6.05. The Morgan fingerprint density at radius 2 is 2.11 bits per heavy atom. The van der Waals surface area contributed by atoms with E-state index in [1.54, 1.807) is 0 Å². The minimum atomic E-state index is -0.347. The van der Waals surface area contributed by atoms with E-state index in [0.29, 0.717) is 35.8 Å². The highest BCUT2D eigenvalue weighted by atomic mass is 16.5. The zero-order chi connectivity index (χ0) is 19.5. The van der Waals surface area contributed by atoms with E-state index in [0.717, 1.165) is 30.7 Å². The fourth-order valence-electron chi connectivity index (χ4n) is 3.91. The molecule has 7 nitrogen and oxygen atoms in total. The van der Waals surface area contributed by atoms with Crippen LogP contribution >= 0.6 is 0 Å². The molecule has 1 aliphatic carbocycles. The second-order valence-corrected chi connectivity index (χ2v) is 7.38. The Labute approximate surface area is 163 Å². The SMILES string of the molecule is CCCn1c(Oc2cccc(CCO)c2)nc(=O)c2[nH]c(C3CCCC3)nc21. The molecule has 2 N–H and O–H groups in total. The number of hydrogen-bond donors (Lipinski definition) is 2. The summed E-state index contributed by atoms with van der Waals surface area (Å²) in [7, 11) is 0. The van der Waals surface area contributed by atoms with Gasteiger partial charge in [-0.2, -0.15) is 4.98 Å². The number of hydrogen-bond acceptors (Lipinski definition) is 5. The van der Waals surface area contributed by atoms with Gasteiger partial charge in [-0.15, -0.1) is 0 Å². The van der Waals surface area contributed by atoms with Gasteiger partial charge in [0.2, 0.25) is 0 Å². The maximum atomic E-state index is 12.6. The van der Waals surface area contributed by atoms with Crippen molar-refractivity contribution >= 4 is 11.2 Å². The summed E-state index contributed by atoms with van der Waals surface area (Å²) in [4.78, 5) is 24.8. The molecule has 2 aromatic heterocycles. The first kappa shape index (κ1) is 18.7. The number of aromatic amines is 1. The Bertz CT molecular complexity index is 1020. The number of nitrogens with one attached hydrogen (secondary N) is 1. The minimum Gasteiger partial charge on any atom is -0.425 e. The van der Waals surface area contributed by atoms with Gasteiger partial charge < -0.3 is 14.8 Å². The molecule has 0 unspecified atom stereocenters. The Morgan fingerprint density at radius 3 is 2.86 bits per heavy atom. The minimum absolute atomic E-state index is 0.0748. The molecule has 0 spiro atoms. The molecule has 0 saturated heterocycles. The van der Waals surface area contributed by atoms with E-state index in [1.165, 1.54) is 12.8 Å². The van der Waals surface area contributed by atoms with E-state index in [-0.39, 0.29) is 18.2 Å². The van der Waals surface area contributed by atoms with Gasteiger partial charge in [0, 0.05) is 19.1 Å². The van der Waals surface area contributed by atoms with Crippen LogP contribution < -0.4 is 10.3 Å². The topological polar surface area (TPSA) is 93.0 Å². The molecular formula is C21H26N4O3. The van der Waals surface area contributed by atoms with Crippen LogP contribution in [0.15, 0.2) is 29.1 Å². The van der Waals surface area contributed by atoms with E-state index >= 15 is 0 Å². The van der Waals surface area contributed by atoms with Gasteiger partial charge in [0.25, 0.3) is 0 Å². The first-order valence-electron chi connectivity index (χ1n) is 10.1. The molecule has 0 amide bonds. The smallest absolute Gasteiger partial charge is 0.307 e. The average Bonchev–Trinajstić information content (AvgIpc) is 3.35. The van der Waals surface area contributed by atoms with Crippen LogP contribution in [-0.4, -0.2) is 31.2 Å². The Morgan fingerprint density at radius 1 is 1.29 bits per heavy atom. The highest BCUT2D eigenvalue weighted by Crippen LogP contribution is 2.33. The van der Waals surface area contributed by atoms with Crippen LogP contribution in [0.1, 0.15) is 56.3 Å². The Hall–Kier alpha value is -2.67. The molecule has 1 aromatic carbocycles. The highest BCUT2D eigenvalue weighted by Gasteiger charge is 2.23. The van der Waals surface area contributed by atoms with Crippen LogP contribution in [0.5, 0.6) is 11.8 Å². The molecule has 3 aromatic rings. The fourth-order valence-corrected chi connectivity index (χ4v) is 3.91. The van der Waals surface area contributed by atoms with Crippen LogP contribution in [0.2, 0.25) is 0 Å². The number of ether oxygens (including phenoxy) is 1. The molecule has 28 heavy (non-hydrogen) atoms. The van der Waals surface area contributed by atoms with Gasteiger partial charge in [0.05, 0.1) is 0 Å². The number of benzene rings is 1. The van der Waals surface area contributed by atoms with E-state index in [2.05, 4.69) is 16.9 Å². The van der Waals surface area contributed by atoms with Crippen LogP contribution in [0.25, 0.3) is 11.2 Å². The van der Waals surface area contributed by atoms with Gasteiger partial charge >= 0.3 is 11.6 Å². The van der Waals surface area contributed by atoms with E-state index in [9.17, 15) is 4.79 Å². The molecular weight excluding hydrogens is 356 g/mol. The second kappa shape index (κ2) is 8.14. The lowest BCUT2D eigenvalue weighted by atomic mass is 10.1. The Balaban J connectivity index is 1.76. The second-order valence-electron chi connectivity index (χ2n) is 7.38. The van der Waals surface area contributed by atoms with E-state index in [1.807, 2.05) is 28.8 Å². The number of rotatable bonds is 7. The summed E-state index contributed by atoms with van der Waals surface area (Å²) < 4.78 is 7.87. The number of aliphatic hydroxyl groups excluding tert-OH is 1. The lowest BCUT2D eigenvalue weighted by molar-refractivity contribution is 0.299. The van der Waals surface area contributed by atoms with Crippen molar-refractivity contribution in [1.29, 1.82) is 0 Å². The summed E-state index contributed by atoms with van der Waals surface area (Å²) in [5.74, 6) is 1.87. The van der Waals surface area contributed by atoms with Crippen LogP contribution in [-0.2, 0) is 13.0 Å². The summed E-state index contributed by atoms with van der Waals surface area (Å²) in [6.45, 7) is 2.80. The third-order valence-electron chi connectivity index (χ3n) is 5.30. The van der Waals surface area contributed by atoms with Crippen molar-refractivity contribution in [1.82, 2.24) is 19.5 Å². The zero-order valence-electron chi connectivity index (χ0n) is 16.1. The molecule has 1 fully saturated rings. The molecule has 4 rings (SSSR count). The molecule has 2 heterocycles.